The molecule has 1 aliphatic heterocycles. The Kier molecular flexibility index (Phi) is 5.47. The topological polar surface area (TPSA) is 167 Å². The van der Waals surface area contributed by atoms with Crippen molar-refractivity contribution in [3.8, 4) is 5.75 Å². The first-order chi connectivity index (χ1) is 14.1. The third kappa shape index (κ3) is 3.69. The normalized spacial score (nSPS) is 13.6. The van der Waals surface area contributed by atoms with Crippen molar-refractivity contribution in [2.45, 2.75) is 20.4 Å². The number of thiazole rings is 1. The van der Waals surface area contributed by atoms with E-state index in [1.807, 2.05) is 0 Å². The van der Waals surface area contributed by atoms with Gasteiger partial charge in [-0.2, -0.15) is 0 Å². The molecule has 156 valence electrons. The van der Waals surface area contributed by atoms with Gasteiger partial charge in [0.15, 0.2) is 4.80 Å². The molecule has 1 N–H and O–H groups in total. The molecular weight excluding hydrogens is 420 g/mol. The minimum Gasteiger partial charge on any atom is -0.502 e. The van der Waals surface area contributed by atoms with Crippen LogP contribution in [0.15, 0.2) is 33.2 Å². The van der Waals surface area contributed by atoms with Gasteiger partial charge in [-0.25, -0.2) is 9.79 Å². The molecule has 0 unspecified atom stereocenters. The van der Waals surface area contributed by atoms with E-state index in [1.54, 1.807) is 13.8 Å². The van der Waals surface area contributed by atoms with Crippen molar-refractivity contribution >= 4 is 34.8 Å². The number of rotatable bonds is 5. The number of hydrogen-bond donors (Lipinski definition) is 1. The Bertz CT molecular complexity index is 1300. The number of nitro benzene ring substituents is 2. The number of nitrogens with zero attached hydrogens (tertiary/aromatic N) is 4. The maximum absolute atomic E-state index is 12.8. The molecule has 0 saturated carbocycles. The lowest BCUT2D eigenvalue weighted by Crippen LogP contribution is -2.35. The monoisotopic (exact) mass is 434 g/mol. The summed E-state index contributed by atoms with van der Waals surface area (Å²) in [7, 11) is 0. The third-order valence-electron chi connectivity index (χ3n) is 4.22. The van der Waals surface area contributed by atoms with Crippen LogP contribution in [0.25, 0.3) is 6.08 Å². The fourth-order valence-corrected chi connectivity index (χ4v) is 3.79. The second-order valence-electron chi connectivity index (χ2n) is 6.10. The Morgan fingerprint density at radius 3 is 2.67 bits per heavy atom. The van der Waals surface area contributed by atoms with Crippen LogP contribution in [0.5, 0.6) is 5.75 Å². The minimum absolute atomic E-state index is 0.0248. The van der Waals surface area contributed by atoms with E-state index in [0.717, 1.165) is 23.5 Å². The van der Waals surface area contributed by atoms with E-state index in [2.05, 4.69) is 4.99 Å². The first-order valence-electron chi connectivity index (χ1n) is 8.46. The summed E-state index contributed by atoms with van der Waals surface area (Å²) in [6.45, 7) is 3.32. The smallest absolute Gasteiger partial charge is 0.337 e. The van der Waals surface area contributed by atoms with Gasteiger partial charge in [0.05, 0.1) is 44.9 Å². The van der Waals surface area contributed by atoms with E-state index in [9.17, 15) is 34.9 Å². The minimum atomic E-state index is -0.958. The summed E-state index contributed by atoms with van der Waals surface area (Å²) in [6.07, 6.45) is 1.11. The van der Waals surface area contributed by atoms with Gasteiger partial charge in [0.25, 0.3) is 11.2 Å². The number of carbonyl (C=O) groups excluding carboxylic acids is 1. The van der Waals surface area contributed by atoms with Crippen LogP contribution in [0, 0.1) is 20.2 Å². The van der Waals surface area contributed by atoms with Crippen molar-refractivity contribution < 1.29 is 24.5 Å². The summed E-state index contributed by atoms with van der Waals surface area (Å²) >= 11 is 0.916. The van der Waals surface area contributed by atoms with Crippen LogP contribution < -0.4 is 14.9 Å². The van der Waals surface area contributed by atoms with Crippen molar-refractivity contribution in [2.24, 2.45) is 4.99 Å². The number of nitro groups is 2. The molecule has 2 heterocycles. The zero-order valence-corrected chi connectivity index (χ0v) is 16.5. The number of benzene rings is 1. The van der Waals surface area contributed by atoms with Gasteiger partial charge in [-0.15, -0.1) is 0 Å². The molecule has 12 nitrogen and oxygen atoms in total. The standard InChI is InChI=1S/C17H14N4O8S/c1-3-29-16(24)11-7-19-15(23)13(30-17(19)18-8(11)2)5-9-4-10(20(25)26)6-12(14(9)22)21(27)28/h4-6,22H,3,7H2,1-2H3. The molecule has 0 fully saturated rings. The van der Waals surface area contributed by atoms with E-state index < -0.39 is 38.5 Å². The molecule has 30 heavy (non-hydrogen) atoms. The van der Waals surface area contributed by atoms with Crippen LogP contribution in [-0.4, -0.2) is 32.1 Å². The van der Waals surface area contributed by atoms with Crippen LogP contribution in [-0.2, 0) is 16.1 Å². The maximum atomic E-state index is 12.8. The number of phenols is 1. The Balaban J connectivity index is 2.17. The van der Waals surface area contributed by atoms with E-state index in [0.29, 0.717) is 11.8 Å². The number of carbonyl (C=O) groups is 1. The van der Waals surface area contributed by atoms with Gasteiger partial charge in [-0.05, 0) is 19.9 Å². The van der Waals surface area contributed by atoms with E-state index in [4.69, 9.17) is 4.74 Å². The highest BCUT2D eigenvalue weighted by Gasteiger charge is 2.24. The number of ether oxygens (including phenoxy) is 1. The van der Waals surface area contributed by atoms with Gasteiger partial charge in [-0.3, -0.25) is 29.6 Å². The number of hydrogen-bond acceptors (Lipinski definition) is 10. The summed E-state index contributed by atoms with van der Waals surface area (Å²) in [5.74, 6) is -1.40. The predicted molar refractivity (Wildman–Crippen MR) is 104 cm³/mol. The molecule has 2 aromatic rings. The predicted octanol–water partition coefficient (Wildman–Crippen LogP) is 0.731. The van der Waals surface area contributed by atoms with Gasteiger partial charge in [0, 0.05) is 11.6 Å². The number of esters is 1. The van der Waals surface area contributed by atoms with E-state index in [1.165, 1.54) is 4.57 Å². The molecule has 3 rings (SSSR count). The summed E-state index contributed by atoms with van der Waals surface area (Å²) < 4.78 is 6.20. The fourth-order valence-electron chi connectivity index (χ4n) is 2.77. The second kappa shape index (κ2) is 7.87. The zero-order chi connectivity index (χ0) is 22.2. The number of phenolic OH excluding ortho intramolecular Hbond substituents is 1. The summed E-state index contributed by atoms with van der Waals surface area (Å²) in [5.41, 5.74) is -1.70. The second-order valence-corrected chi connectivity index (χ2v) is 7.11. The average Bonchev–Trinajstić information content (AvgIpc) is 2.97. The van der Waals surface area contributed by atoms with Gasteiger partial charge in [-0.1, -0.05) is 11.3 Å². The molecule has 1 aromatic heterocycles. The largest absolute Gasteiger partial charge is 0.502 e. The zero-order valence-electron chi connectivity index (χ0n) is 15.6. The first-order valence-corrected chi connectivity index (χ1v) is 9.28. The molecule has 0 bridgehead atoms. The molecule has 0 amide bonds. The lowest BCUT2D eigenvalue weighted by atomic mass is 10.1. The number of aromatic nitrogens is 1. The molecule has 0 radical (unpaired) electrons. The molecular formula is C17H14N4O8S. The molecule has 1 aromatic carbocycles. The van der Waals surface area contributed by atoms with Gasteiger partial charge in [0.1, 0.15) is 0 Å². The van der Waals surface area contributed by atoms with E-state index in [-0.39, 0.29) is 33.6 Å². The summed E-state index contributed by atoms with van der Waals surface area (Å²) in [5, 5.41) is 32.3. The highest BCUT2D eigenvalue weighted by molar-refractivity contribution is 7.07. The van der Waals surface area contributed by atoms with Crippen LogP contribution in [0.3, 0.4) is 0 Å². The number of allylic oxidation sites excluding steroid dienone is 1. The molecule has 13 heteroatoms. The van der Waals surface area contributed by atoms with Crippen molar-refractivity contribution in [1.82, 2.24) is 4.57 Å². The van der Waals surface area contributed by atoms with Gasteiger partial charge >= 0.3 is 11.7 Å². The maximum Gasteiger partial charge on any atom is 0.337 e. The van der Waals surface area contributed by atoms with Gasteiger partial charge in [0.2, 0.25) is 5.75 Å². The van der Waals surface area contributed by atoms with Crippen molar-refractivity contribution in [3.05, 3.63) is 68.9 Å². The van der Waals surface area contributed by atoms with Crippen molar-refractivity contribution in [2.75, 3.05) is 6.61 Å². The Hall–Kier alpha value is -3.87. The summed E-state index contributed by atoms with van der Waals surface area (Å²) in [4.78, 5) is 49.7. The first kappa shape index (κ1) is 20.9. The SMILES string of the molecule is CCOC(=O)C1=C(C)N=c2sc(=Cc3cc([N+](=O)[O-])cc([N+](=O)[O-])c3O)c(=O)n2C1. The quantitative estimate of drug-likeness (QED) is 0.408. The molecule has 1 aliphatic rings. The Labute approximate surface area is 171 Å². The highest BCUT2D eigenvalue weighted by atomic mass is 32.1. The van der Waals surface area contributed by atoms with Gasteiger partial charge < -0.3 is 9.84 Å². The third-order valence-corrected chi connectivity index (χ3v) is 5.23. The Morgan fingerprint density at radius 2 is 2.07 bits per heavy atom. The van der Waals surface area contributed by atoms with Crippen LogP contribution in [0.4, 0.5) is 11.4 Å². The molecule has 0 saturated heterocycles. The fraction of sp³-hybridized carbons (Fsp3) is 0.235. The molecule has 0 aliphatic carbocycles. The van der Waals surface area contributed by atoms with Crippen molar-refractivity contribution in [1.29, 1.82) is 0 Å². The molecule has 0 spiro atoms. The van der Waals surface area contributed by atoms with Crippen LogP contribution in [0.2, 0.25) is 0 Å². The summed E-state index contributed by atoms with van der Waals surface area (Å²) in [6, 6.07) is 1.56. The number of aromatic hydroxyl groups is 1. The highest BCUT2D eigenvalue weighted by Crippen LogP contribution is 2.34. The van der Waals surface area contributed by atoms with E-state index >= 15 is 0 Å². The van der Waals surface area contributed by atoms with Crippen LogP contribution in [0.1, 0.15) is 19.4 Å². The number of non-ortho nitro benzene ring substituents is 1. The Morgan fingerprint density at radius 1 is 1.37 bits per heavy atom. The van der Waals surface area contributed by atoms with Crippen LogP contribution >= 0.6 is 11.3 Å². The number of fused-ring (bicyclic) bond motifs is 1. The lowest BCUT2D eigenvalue weighted by molar-refractivity contribution is -0.394. The molecule has 0 atom stereocenters. The average molecular weight is 434 g/mol. The van der Waals surface area contributed by atoms with Crippen molar-refractivity contribution in [3.63, 3.8) is 0 Å². The lowest BCUT2D eigenvalue weighted by Gasteiger charge is -2.12.